The van der Waals surface area contributed by atoms with Crippen molar-refractivity contribution in [3.05, 3.63) is 41.9 Å². The Labute approximate surface area is 208 Å². The maximum Gasteiger partial charge on any atom is 0.586 e. The topological polar surface area (TPSA) is 150 Å². The van der Waals surface area contributed by atoms with Gasteiger partial charge in [0, 0.05) is 18.2 Å². The van der Waals surface area contributed by atoms with Gasteiger partial charge in [-0.05, 0) is 30.5 Å². The number of alkyl halides is 2. The molecule has 2 bridgehead atoms. The van der Waals surface area contributed by atoms with Crippen molar-refractivity contribution >= 4 is 11.8 Å². The van der Waals surface area contributed by atoms with Crippen molar-refractivity contribution in [1.29, 1.82) is 0 Å². The highest BCUT2D eigenvalue weighted by Gasteiger charge is 2.52. The number of benzene rings is 1. The molecule has 1 fully saturated rings. The van der Waals surface area contributed by atoms with E-state index in [4.69, 9.17) is 14.2 Å². The fraction of sp³-hybridized carbons (Fsp3) is 0.391. The van der Waals surface area contributed by atoms with Crippen molar-refractivity contribution in [2.45, 2.75) is 37.2 Å². The summed E-state index contributed by atoms with van der Waals surface area (Å²) in [4.78, 5) is 32.5. The Balaban J connectivity index is 1.09. The predicted molar refractivity (Wildman–Crippen MR) is 118 cm³/mol. The zero-order valence-corrected chi connectivity index (χ0v) is 19.5. The second-order valence-electron chi connectivity index (χ2n) is 8.67. The van der Waals surface area contributed by atoms with E-state index >= 15 is 0 Å². The van der Waals surface area contributed by atoms with E-state index in [1.165, 1.54) is 37.7 Å². The molecule has 0 radical (unpaired) electrons. The molecule has 12 nitrogen and oxygen atoms in total. The summed E-state index contributed by atoms with van der Waals surface area (Å²) in [6.45, 7) is -0.682. The number of methoxy groups -OCH3 is 1. The van der Waals surface area contributed by atoms with Gasteiger partial charge in [0.1, 0.15) is 5.75 Å². The number of carbonyl (C=O) groups is 2. The van der Waals surface area contributed by atoms with Crippen molar-refractivity contribution in [2.24, 2.45) is 0 Å². The van der Waals surface area contributed by atoms with Crippen molar-refractivity contribution in [2.75, 3.05) is 20.3 Å². The molecule has 0 saturated heterocycles. The Bertz CT molecular complexity index is 1250. The second-order valence-corrected chi connectivity index (χ2v) is 8.67. The molecule has 1 atom stereocenters. The number of nitrogens with one attached hydrogen (secondary N) is 2. The smallest absolute Gasteiger partial charge is 0.484 e. The van der Waals surface area contributed by atoms with Crippen LogP contribution < -0.4 is 34.3 Å². The molecule has 1 aliphatic heterocycles. The molecule has 0 unspecified atom stereocenters. The fourth-order valence-electron chi connectivity index (χ4n) is 4.32. The first-order chi connectivity index (χ1) is 17.6. The zero-order chi connectivity index (χ0) is 26.2. The van der Waals surface area contributed by atoms with Crippen LogP contribution in [0.4, 0.5) is 8.78 Å². The predicted octanol–water partition coefficient (Wildman–Crippen LogP) is 1.05. The van der Waals surface area contributed by atoms with Gasteiger partial charge in [0.05, 0.1) is 31.1 Å². The summed E-state index contributed by atoms with van der Waals surface area (Å²) in [7, 11) is 1.43. The Morgan fingerprint density at radius 3 is 2.46 bits per heavy atom. The summed E-state index contributed by atoms with van der Waals surface area (Å²) in [5.74, 6) is -0.810. The van der Waals surface area contributed by atoms with E-state index in [9.17, 15) is 23.5 Å². The minimum absolute atomic E-state index is 0.135. The maximum atomic E-state index is 13.1. The lowest BCUT2D eigenvalue weighted by atomic mass is 9.62. The van der Waals surface area contributed by atoms with E-state index in [2.05, 4.69) is 30.1 Å². The highest BCUT2D eigenvalue weighted by Crippen LogP contribution is 2.48. The van der Waals surface area contributed by atoms with Crippen LogP contribution >= 0.6 is 0 Å². The molecule has 1 aromatic carbocycles. The van der Waals surface area contributed by atoms with Crippen molar-refractivity contribution < 1.29 is 47.2 Å². The number of ether oxygens (including phenoxy) is 5. The summed E-state index contributed by atoms with van der Waals surface area (Å²) in [6.07, 6.45) is -1.06. The van der Waals surface area contributed by atoms with Crippen LogP contribution in [0, 0.1) is 0 Å². The third-order valence-electron chi connectivity index (χ3n) is 6.10. The molecule has 6 rings (SSSR count). The van der Waals surface area contributed by atoms with E-state index < -0.39 is 36.4 Å². The molecule has 2 amide bonds. The molecular weight excluding hydrogens is 498 g/mol. The number of hydrogen-bond acceptors (Lipinski definition) is 10. The molecule has 1 saturated carbocycles. The number of aliphatic hydroxyl groups is 1. The molecular formula is C23H22F2N4O8. The van der Waals surface area contributed by atoms with Crippen LogP contribution in [-0.4, -0.2) is 65.1 Å². The highest BCUT2D eigenvalue weighted by molar-refractivity contribution is 5.81. The average molecular weight is 520 g/mol. The van der Waals surface area contributed by atoms with Gasteiger partial charge in [-0.15, -0.1) is 8.78 Å². The molecule has 196 valence electrons. The van der Waals surface area contributed by atoms with Crippen LogP contribution in [-0.2, 0) is 9.59 Å². The van der Waals surface area contributed by atoms with Gasteiger partial charge in [0.15, 0.2) is 30.5 Å². The molecule has 2 aromatic rings. The Morgan fingerprint density at radius 1 is 1.08 bits per heavy atom. The molecule has 3 N–H and O–H groups in total. The van der Waals surface area contributed by atoms with Crippen molar-refractivity contribution in [3.63, 3.8) is 0 Å². The lowest BCUT2D eigenvalue weighted by Gasteiger charge is -2.52. The number of amides is 2. The summed E-state index contributed by atoms with van der Waals surface area (Å²) in [6, 6.07) is 3.99. The minimum Gasteiger partial charge on any atom is -0.484 e. The first-order valence-electron chi connectivity index (χ1n) is 11.2. The highest BCUT2D eigenvalue weighted by atomic mass is 19.3. The van der Waals surface area contributed by atoms with Crippen molar-refractivity contribution in [3.8, 4) is 29.0 Å². The van der Waals surface area contributed by atoms with E-state index in [-0.39, 0.29) is 36.3 Å². The average Bonchev–Trinajstić information content (AvgIpc) is 3.15. The molecule has 3 aliphatic carbocycles. The SMILES string of the molecule is COc1ncc(OCC(=O)NC2=C3CC(NC(=O)COc4ccc5c(c4)OC(F)(F)O5)(C3)[C@@H](O)C2)cn1. The van der Waals surface area contributed by atoms with Crippen molar-refractivity contribution in [1.82, 2.24) is 20.6 Å². The van der Waals surface area contributed by atoms with E-state index in [0.717, 1.165) is 5.57 Å². The number of aliphatic hydroxyl groups excluding tert-OH is 1. The van der Waals surface area contributed by atoms with Crippen LogP contribution in [0.15, 0.2) is 41.9 Å². The third-order valence-corrected chi connectivity index (χ3v) is 6.10. The van der Waals surface area contributed by atoms with E-state index in [1.54, 1.807) is 0 Å². The quantitative estimate of drug-likeness (QED) is 0.438. The lowest BCUT2D eigenvalue weighted by molar-refractivity contribution is -0.286. The van der Waals surface area contributed by atoms with E-state index in [0.29, 0.717) is 24.3 Å². The third kappa shape index (κ3) is 5.18. The molecule has 14 heteroatoms. The van der Waals surface area contributed by atoms with Crippen LogP contribution in [0.2, 0.25) is 0 Å². The van der Waals surface area contributed by atoms with Gasteiger partial charge in [-0.3, -0.25) is 9.59 Å². The molecule has 0 spiro atoms. The number of aromatic nitrogens is 2. The zero-order valence-electron chi connectivity index (χ0n) is 19.5. The summed E-state index contributed by atoms with van der Waals surface area (Å²) >= 11 is 0. The number of carbonyl (C=O) groups excluding carboxylic acids is 2. The minimum atomic E-state index is -3.75. The first-order valence-corrected chi connectivity index (χ1v) is 11.2. The van der Waals surface area contributed by atoms with Gasteiger partial charge in [-0.1, -0.05) is 0 Å². The normalized spacial score (nSPS) is 22.5. The lowest BCUT2D eigenvalue weighted by Crippen LogP contribution is -2.65. The fourth-order valence-corrected chi connectivity index (χ4v) is 4.32. The van der Waals surface area contributed by atoms with Crippen LogP contribution in [0.3, 0.4) is 0 Å². The summed E-state index contributed by atoms with van der Waals surface area (Å²) in [5, 5.41) is 16.2. The number of halogens is 2. The molecule has 4 aliphatic rings. The van der Waals surface area contributed by atoms with Gasteiger partial charge in [0.2, 0.25) is 0 Å². The molecule has 37 heavy (non-hydrogen) atoms. The second kappa shape index (κ2) is 9.35. The van der Waals surface area contributed by atoms with Gasteiger partial charge in [-0.25, -0.2) is 0 Å². The van der Waals surface area contributed by atoms with Gasteiger partial charge in [-0.2, -0.15) is 9.97 Å². The monoisotopic (exact) mass is 520 g/mol. The summed E-state index contributed by atoms with van der Waals surface area (Å²) in [5.41, 5.74) is 0.638. The number of nitrogens with zero attached hydrogens (tertiary/aromatic N) is 2. The molecule has 1 aromatic heterocycles. The Morgan fingerprint density at radius 2 is 1.76 bits per heavy atom. The van der Waals surface area contributed by atoms with Gasteiger partial charge < -0.3 is 39.4 Å². The van der Waals surface area contributed by atoms with Crippen LogP contribution in [0.25, 0.3) is 0 Å². The van der Waals surface area contributed by atoms with Crippen LogP contribution in [0.1, 0.15) is 19.3 Å². The Hall–Kier alpha value is -4.20. The Kier molecular flexibility index (Phi) is 6.19. The largest absolute Gasteiger partial charge is 0.586 e. The van der Waals surface area contributed by atoms with E-state index in [1.807, 2.05) is 0 Å². The van der Waals surface area contributed by atoms with Gasteiger partial charge >= 0.3 is 12.3 Å². The standard InChI is InChI=1S/C23H22F2N4O8/c1-33-21-26-8-14(9-27-21)35-10-19(31)28-15-5-18(30)22(6-12(15)7-22)29-20(32)11-34-13-2-3-16-17(4-13)37-23(24,25)36-16/h2-4,8-9,18,30H,5-7,10-11H2,1H3,(H,28,31)(H,29,32)/t18-/m0/s1. The maximum absolute atomic E-state index is 13.1. The van der Waals surface area contributed by atoms with Gasteiger partial charge in [0.25, 0.3) is 11.8 Å². The number of rotatable bonds is 9. The van der Waals surface area contributed by atoms with Crippen LogP contribution in [0.5, 0.6) is 29.0 Å². The molecule has 2 heterocycles. The number of fused-ring (bicyclic) bond motifs is 3. The summed E-state index contributed by atoms with van der Waals surface area (Å²) < 4.78 is 50.5. The first kappa shape index (κ1) is 24.5. The number of hydrogen-bond donors (Lipinski definition) is 3.